The third-order valence-electron chi connectivity index (χ3n) is 2.80. The number of benzene rings is 2. The van der Waals surface area contributed by atoms with Gasteiger partial charge in [-0.1, -0.05) is 6.07 Å². The van der Waals surface area contributed by atoms with Crippen LogP contribution in [0, 0.1) is 0 Å². The number of ether oxygens (including phenoxy) is 2. The van der Waals surface area contributed by atoms with Crippen molar-refractivity contribution >= 4 is 33.8 Å². The van der Waals surface area contributed by atoms with Gasteiger partial charge in [0.15, 0.2) is 11.5 Å². The Morgan fingerprint density at radius 2 is 1.68 bits per heavy atom. The summed E-state index contributed by atoms with van der Waals surface area (Å²) in [7, 11) is -0.802. The topological polar surface area (TPSA) is 90.7 Å². The molecule has 0 saturated heterocycles. The van der Waals surface area contributed by atoms with E-state index in [4.69, 9.17) is 15.2 Å². The maximum Gasteiger partial charge on any atom is 0.262 e. The lowest BCUT2D eigenvalue weighted by Crippen LogP contribution is -2.13. The highest BCUT2D eigenvalue weighted by Gasteiger charge is 2.17. The molecule has 120 valence electrons. The SMILES string of the molecule is COc1ccc(S(=O)(=O)Nc2cccc(N)c2)cc1OC.Cl. The molecular formula is C14H17ClN2O4S. The van der Waals surface area contributed by atoms with Gasteiger partial charge < -0.3 is 15.2 Å². The molecule has 0 radical (unpaired) electrons. The van der Waals surface area contributed by atoms with Gasteiger partial charge in [0.1, 0.15) is 0 Å². The van der Waals surface area contributed by atoms with Gasteiger partial charge in [-0.25, -0.2) is 8.42 Å². The quantitative estimate of drug-likeness (QED) is 0.813. The largest absolute Gasteiger partial charge is 0.493 e. The zero-order chi connectivity index (χ0) is 15.5. The number of anilines is 2. The van der Waals surface area contributed by atoms with Crippen LogP contribution < -0.4 is 19.9 Å². The van der Waals surface area contributed by atoms with Crippen LogP contribution in [0.25, 0.3) is 0 Å². The Morgan fingerprint density at radius 3 is 2.27 bits per heavy atom. The van der Waals surface area contributed by atoms with Crippen LogP contribution in [0.15, 0.2) is 47.4 Å². The van der Waals surface area contributed by atoms with E-state index in [0.717, 1.165) is 0 Å². The number of nitrogen functional groups attached to an aromatic ring is 1. The van der Waals surface area contributed by atoms with Crippen LogP contribution in [0.4, 0.5) is 11.4 Å². The average molecular weight is 345 g/mol. The molecule has 0 amide bonds. The molecule has 0 bridgehead atoms. The second kappa shape index (κ2) is 7.24. The van der Waals surface area contributed by atoms with Crippen molar-refractivity contribution in [2.45, 2.75) is 4.90 Å². The van der Waals surface area contributed by atoms with Crippen molar-refractivity contribution in [1.82, 2.24) is 0 Å². The maximum absolute atomic E-state index is 12.3. The lowest BCUT2D eigenvalue weighted by atomic mass is 10.3. The first-order chi connectivity index (χ1) is 9.96. The molecule has 0 spiro atoms. The minimum atomic E-state index is -3.73. The van der Waals surface area contributed by atoms with Gasteiger partial charge in [0.05, 0.1) is 24.8 Å². The predicted octanol–water partition coefficient (Wildman–Crippen LogP) is 2.51. The van der Waals surface area contributed by atoms with E-state index >= 15 is 0 Å². The van der Waals surface area contributed by atoms with Gasteiger partial charge >= 0.3 is 0 Å². The summed E-state index contributed by atoms with van der Waals surface area (Å²) in [4.78, 5) is 0.0718. The Bertz CT molecular complexity index is 750. The first kappa shape index (κ1) is 17.9. The molecule has 8 heteroatoms. The average Bonchev–Trinajstić information content (AvgIpc) is 2.46. The van der Waals surface area contributed by atoms with Crippen molar-refractivity contribution in [3.63, 3.8) is 0 Å². The fourth-order valence-corrected chi connectivity index (χ4v) is 2.86. The van der Waals surface area contributed by atoms with Gasteiger partial charge in [-0.15, -0.1) is 12.4 Å². The van der Waals surface area contributed by atoms with E-state index in [1.54, 1.807) is 18.2 Å². The van der Waals surface area contributed by atoms with Crippen molar-refractivity contribution in [3.05, 3.63) is 42.5 Å². The number of hydrogen-bond acceptors (Lipinski definition) is 5. The molecule has 2 rings (SSSR count). The number of methoxy groups -OCH3 is 2. The molecule has 22 heavy (non-hydrogen) atoms. The molecule has 0 fully saturated rings. The van der Waals surface area contributed by atoms with E-state index in [1.807, 2.05) is 0 Å². The first-order valence-corrected chi connectivity index (χ1v) is 7.55. The number of nitrogens with two attached hydrogens (primary N) is 1. The molecule has 0 aliphatic heterocycles. The molecule has 0 aliphatic carbocycles. The van der Waals surface area contributed by atoms with Crippen molar-refractivity contribution in [3.8, 4) is 11.5 Å². The van der Waals surface area contributed by atoms with E-state index in [2.05, 4.69) is 4.72 Å². The summed E-state index contributed by atoms with van der Waals surface area (Å²) in [5.74, 6) is 0.799. The molecule has 0 aliphatic rings. The summed E-state index contributed by atoms with van der Waals surface area (Å²) in [5.41, 5.74) is 6.50. The van der Waals surface area contributed by atoms with Crippen LogP contribution in [-0.2, 0) is 10.0 Å². The fourth-order valence-electron chi connectivity index (χ4n) is 1.80. The summed E-state index contributed by atoms with van der Waals surface area (Å²) in [6.45, 7) is 0. The van der Waals surface area contributed by atoms with Crippen LogP contribution in [0.5, 0.6) is 11.5 Å². The molecule has 0 atom stereocenters. The summed E-state index contributed by atoms with van der Waals surface area (Å²) >= 11 is 0. The molecular weight excluding hydrogens is 328 g/mol. The van der Waals surface area contributed by atoms with Gasteiger partial charge in [0, 0.05) is 11.8 Å². The Kier molecular flexibility index (Phi) is 5.90. The van der Waals surface area contributed by atoms with Crippen molar-refractivity contribution < 1.29 is 17.9 Å². The highest BCUT2D eigenvalue weighted by Crippen LogP contribution is 2.30. The Hall–Kier alpha value is -2.12. The van der Waals surface area contributed by atoms with E-state index in [-0.39, 0.29) is 17.3 Å². The van der Waals surface area contributed by atoms with E-state index in [9.17, 15) is 8.42 Å². The fraction of sp³-hybridized carbons (Fsp3) is 0.143. The minimum absolute atomic E-state index is 0. The molecule has 0 heterocycles. The number of nitrogens with one attached hydrogen (secondary N) is 1. The second-order valence-electron chi connectivity index (χ2n) is 4.25. The van der Waals surface area contributed by atoms with Crippen LogP contribution in [0.3, 0.4) is 0 Å². The van der Waals surface area contributed by atoms with Crippen LogP contribution in [0.2, 0.25) is 0 Å². The lowest BCUT2D eigenvalue weighted by Gasteiger charge is -2.11. The Labute approximate surface area is 135 Å². The Morgan fingerprint density at radius 1 is 1.00 bits per heavy atom. The van der Waals surface area contributed by atoms with Gasteiger partial charge in [0.2, 0.25) is 0 Å². The van der Waals surface area contributed by atoms with Gasteiger partial charge in [-0.3, -0.25) is 4.72 Å². The van der Waals surface area contributed by atoms with Crippen molar-refractivity contribution in [1.29, 1.82) is 0 Å². The first-order valence-electron chi connectivity index (χ1n) is 6.06. The lowest BCUT2D eigenvalue weighted by molar-refractivity contribution is 0.354. The van der Waals surface area contributed by atoms with E-state index in [0.29, 0.717) is 22.9 Å². The molecule has 0 saturated carbocycles. The zero-order valence-corrected chi connectivity index (χ0v) is 13.7. The summed E-state index contributed by atoms with van der Waals surface area (Å²) in [6, 6.07) is 10.9. The van der Waals surface area contributed by atoms with Crippen LogP contribution >= 0.6 is 12.4 Å². The number of hydrogen-bond donors (Lipinski definition) is 2. The molecule has 2 aromatic rings. The second-order valence-corrected chi connectivity index (χ2v) is 5.93. The van der Waals surface area contributed by atoms with Gasteiger partial charge in [-0.05, 0) is 30.3 Å². The smallest absolute Gasteiger partial charge is 0.262 e. The molecule has 6 nitrogen and oxygen atoms in total. The highest BCUT2D eigenvalue weighted by atomic mass is 35.5. The standard InChI is InChI=1S/C14H16N2O4S.ClH/c1-19-13-7-6-12(9-14(13)20-2)21(17,18)16-11-5-3-4-10(15)8-11;/h3-9,16H,15H2,1-2H3;1H. The van der Waals surface area contributed by atoms with E-state index in [1.165, 1.54) is 38.5 Å². The molecule has 0 unspecified atom stereocenters. The highest BCUT2D eigenvalue weighted by molar-refractivity contribution is 7.92. The van der Waals surface area contributed by atoms with E-state index < -0.39 is 10.0 Å². The normalized spacial score (nSPS) is 10.5. The molecule has 0 aromatic heterocycles. The van der Waals surface area contributed by atoms with Gasteiger partial charge in [-0.2, -0.15) is 0 Å². The van der Waals surface area contributed by atoms with Crippen molar-refractivity contribution in [2.75, 3.05) is 24.7 Å². The van der Waals surface area contributed by atoms with Gasteiger partial charge in [0.25, 0.3) is 10.0 Å². The number of rotatable bonds is 5. The zero-order valence-electron chi connectivity index (χ0n) is 12.1. The van der Waals surface area contributed by atoms with Crippen molar-refractivity contribution in [2.24, 2.45) is 0 Å². The minimum Gasteiger partial charge on any atom is -0.493 e. The summed E-state index contributed by atoms with van der Waals surface area (Å²) in [5, 5.41) is 0. The molecule has 2 aromatic carbocycles. The third kappa shape index (κ3) is 3.96. The molecule has 3 N–H and O–H groups in total. The van der Waals surface area contributed by atoms with Crippen LogP contribution in [-0.4, -0.2) is 22.6 Å². The predicted molar refractivity (Wildman–Crippen MR) is 88.5 cm³/mol. The number of halogens is 1. The van der Waals surface area contributed by atoms with Crippen LogP contribution in [0.1, 0.15) is 0 Å². The number of sulfonamides is 1. The Balaban J connectivity index is 0.00000242. The summed E-state index contributed by atoms with van der Waals surface area (Å²) in [6.07, 6.45) is 0. The summed E-state index contributed by atoms with van der Waals surface area (Å²) < 4.78 is 37.3. The maximum atomic E-state index is 12.3. The monoisotopic (exact) mass is 344 g/mol. The third-order valence-corrected chi connectivity index (χ3v) is 4.18.